The monoisotopic (exact) mass is 174 g/mol. The summed E-state index contributed by atoms with van der Waals surface area (Å²) in [6, 6.07) is 0. The molecule has 0 aliphatic heterocycles. The first-order chi connectivity index (χ1) is 5.00. The summed E-state index contributed by atoms with van der Waals surface area (Å²) in [7, 11) is 0. The predicted octanol–water partition coefficient (Wildman–Crippen LogP) is 2.25. The van der Waals surface area contributed by atoms with Crippen LogP contribution in [0.2, 0.25) is 0 Å². The summed E-state index contributed by atoms with van der Waals surface area (Å²) >= 11 is 4.42. The smallest absolute Gasteiger partial charge is 0.0619 e. The number of thiol groups is 1. The van der Waals surface area contributed by atoms with Gasteiger partial charge in [-0.25, -0.2) is 0 Å². The van der Waals surface area contributed by atoms with E-state index >= 15 is 0 Å². The Morgan fingerprint density at radius 2 is 1.64 bits per heavy atom. The molecule has 0 radical (unpaired) electrons. The molecule has 0 saturated heterocycles. The standard InChI is InChI=1S/C9H18OS/c1-9(2,10)7-3-5-8(11)6-4-7/h7-8,10-11H,3-6H2,1-2H3. The molecule has 11 heavy (non-hydrogen) atoms. The van der Waals surface area contributed by atoms with E-state index in [0.717, 1.165) is 25.7 Å². The van der Waals surface area contributed by atoms with Crippen molar-refractivity contribution in [3.05, 3.63) is 0 Å². The molecule has 0 atom stereocenters. The van der Waals surface area contributed by atoms with Crippen molar-refractivity contribution in [2.24, 2.45) is 5.92 Å². The van der Waals surface area contributed by atoms with Gasteiger partial charge in [0.15, 0.2) is 0 Å². The van der Waals surface area contributed by atoms with Crippen LogP contribution in [-0.4, -0.2) is 16.0 Å². The molecule has 1 fully saturated rings. The van der Waals surface area contributed by atoms with Crippen LogP contribution in [0.4, 0.5) is 0 Å². The predicted molar refractivity (Wildman–Crippen MR) is 51.0 cm³/mol. The van der Waals surface area contributed by atoms with E-state index in [1.165, 1.54) is 0 Å². The average Bonchev–Trinajstić information content (AvgIpc) is 1.86. The van der Waals surface area contributed by atoms with E-state index in [4.69, 9.17) is 0 Å². The van der Waals surface area contributed by atoms with Crippen molar-refractivity contribution >= 4 is 12.6 Å². The second kappa shape index (κ2) is 3.36. The molecule has 0 aromatic carbocycles. The zero-order chi connectivity index (χ0) is 8.48. The molecule has 1 nitrogen and oxygen atoms in total. The SMILES string of the molecule is CC(C)(O)C1CCC(S)CC1. The molecule has 0 aromatic rings. The van der Waals surface area contributed by atoms with Crippen LogP contribution in [0.15, 0.2) is 0 Å². The van der Waals surface area contributed by atoms with Gasteiger partial charge in [0, 0.05) is 5.25 Å². The van der Waals surface area contributed by atoms with E-state index in [0.29, 0.717) is 11.2 Å². The minimum absolute atomic E-state index is 0.478. The third-order valence-electron chi connectivity index (χ3n) is 2.70. The van der Waals surface area contributed by atoms with Crippen LogP contribution in [0.5, 0.6) is 0 Å². The highest BCUT2D eigenvalue weighted by Gasteiger charge is 2.29. The molecule has 0 aromatic heterocycles. The first-order valence-corrected chi connectivity index (χ1v) is 4.92. The largest absolute Gasteiger partial charge is 0.390 e. The van der Waals surface area contributed by atoms with Crippen LogP contribution >= 0.6 is 12.6 Å². The normalized spacial score (nSPS) is 33.8. The van der Waals surface area contributed by atoms with E-state index in [9.17, 15) is 5.11 Å². The van der Waals surface area contributed by atoms with Gasteiger partial charge in [-0.2, -0.15) is 12.6 Å². The molecule has 1 rings (SSSR count). The van der Waals surface area contributed by atoms with Crippen LogP contribution in [0, 0.1) is 5.92 Å². The molecule has 2 heteroatoms. The Morgan fingerprint density at radius 3 is 2.00 bits per heavy atom. The maximum Gasteiger partial charge on any atom is 0.0619 e. The first-order valence-electron chi connectivity index (χ1n) is 4.40. The summed E-state index contributed by atoms with van der Waals surface area (Å²) in [5.74, 6) is 0.492. The lowest BCUT2D eigenvalue weighted by atomic mass is 9.79. The van der Waals surface area contributed by atoms with Crippen LogP contribution in [0.25, 0.3) is 0 Å². The van der Waals surface area contributed by atoms with E-state index in [-0.39, 0.29) is 0 Å². The van der Waals surface area contributed by atoms with Gasteiger partial charge in [0.25, 0.3) is 0 Å². The number of hydrogen-bond acceptors (Lipinski definition) is 2. The molecule has 1 aliphatic carbocycles. The van der Waals surface area contributed by atoms with Crippen LogP contribution in [0.3, 0.4) is 0 Å². The summed E-state index contributed by atoms with van der Waals surface area (Å²) in [5.41, 5.74) is -0.478. The Morgan fingerprint density at radius 1 is 1.18 bits per heavy atom. The summed E-state index contributed by atoms with van der Waals surface area (Å²) < 4.78 is 0. The number of aliphatic hydroxyl groups is 1. The molecule has 0 amide bonds. The number of rotatable bonds is 1. The maximum atomic E-state index is 9.70. The van der Waals surface area contributed by atoms with E-state index < -0.39 is 5.60 Å². The maximum absolute atomic E-state index is 9.70. The third-order valence-corrected chi connectivity index (χ3v) is 3.21. The molecule has 0 spiro atoms. The zero-order valence-corrected chi connectivity index (χ0v) is 8.27. The molecular weight excluding hydrogens is 156 g/mol. The second-order valence-electron chi connectivity index (χ2n) is 4.16. The van der Waals surface area contributed by atoms with Gasteiger partial charge in [-0.05, 0) is 45.4 Å². The minimum atomic E-state index is -0.478. The lowest BCUT2D eigenvalue weighted by Gasteiger charge is -2.34. The Balaban J connectivity index is 2.39. The van der Waals surface area contributed by atoms with Gasteiger partial charge in [-0.1, -0.05) is 0 Å². The molecule has 1 saturated carbocycles. The van der Waals surface area contributed by atoms with Gasteiger partial charge >= 0.3 is 0 Å². The summed E-state index contributed by atoms with van der Waals surface area (Å²) in [6.45, 7) is 3.83. The molecular formula is C9H18OS. The average molecular weight is 174 g/mol. The molecule has 0 unspecified atom stereocenters. The fraction of sp³-hybridized carbons (Fsp3) is 1.00. The van der Waals surface area contributed by atoms with Gasteiger partial charge in [0.2, 0.25) is 0 Å². The second-order valence-corrected chi connectivity index (χ2v) is 4.89. The van der Waals surface area contributed by atoms with E-state index in [1.807, 2.05) is 13.8 Å². The van der Waals surface area contributed by atoms with Gasteiger partial charge in [-0.15, -0.1) is 0 Å². The molecule has 0 bridgehead atoms. The highest BCUT2D eigenvalue weighted by molar-refractivity contribution is 7.80. The lowest BCUT2D eigenvalue weighted by Crippen LogP contribution is -2.34. The molecule has 1 aliphatic rings. The van der Waals surface area contributed by atoms with Crippen molar-refractivity contribution in [1.29, 1.82) is 0 Å². The third kappa shape index (κ3) is 2.68. The quantitative estimate of drug-likeness (QED) is 0.584. The van der Waals surface area contributed by atoms with Crippen molar-refractivity contribution in [2.75, 3.05) is 0 Å². The Kier molecular flexibility index (Phi) is 2.87. The van der Waals surface area contributed by atoms with E-state index in [2.05, 4.69) is 12.6 Å². The zero-order valence-electron chi connectivity index (χ0n) is 7.38. The van der Waals surface area contributed by atoms with E-state index in [1.54, 1.807) is 0 Å². The first kappa shape index (κ1) is 9.40. The summed E-state index contributed by atoms with van der Waals surface area (Å²) in [5, 5.41) is 10.3. The molecule has 0 heterocycles. The Labute approximate surface area is 74.6 Å². The minimum Gasteiger partial charge on any atom is -0.390 e. The molecule has 66 valence electrons. The van der Waals surface area contributed by atoms with Crippen LogP contribution in [0.1, 0.15) is 39.5 Å². The highest BCUT2D eigenvalue weighted by atomic mass is 32.1. The van der Waals surface area contributed by atoms with Crippen molar-refractivity contribution in [3.63, 3.8) is 0 Å². The fourth-order valence-electron chi connectivity index (χ4n) is 1.78. The van der Waals surface area contributed by atoms with Crippen molar-refractivity contribution in [2.45, 2.75) is 50.4 Å². The van der Waals surface area contributed by atoms with Crippen molar-refractivity contribution < 1.29 is 5.11 Å². The lowest BCUT2D eigenvalue weighted by molar-refractivity contribution is 0.00161. The van der Waals surface area contributed by atoms with Gasteiger partial charge in [0.1, 0.15) is 0 Å². The van der Waals surface area contributed by atoms with Crippen LogP contribution < -0.4 is 0 Å². The Hall–Kier alpha value is 0.310. The molecule has 1 N–H and O–H groups in total. The highest BCUT2D eigenvalue weighted by Crippen LogP contribution is 2.33. The Bertz CT molecular complexity index is 120. The summed E-state index contributed by atoms with van der Waals surface area (Å²) in [6.07, 6.45) is 4.60. The fourth-order valence-corrected chi connectivity index (χ4v) is 2.08. The van der Waals surface area contributed by atoms with Crippen molar-refractivity contribution in [3.8, 4) is 0 Å². The van der Waals surface area contributed by atoms with Gasteiger partial charge in [0.05, 0.1) is 5.60 Å². The topological polar surface area (TPSA) is 20.2 Å². The van der Waals surface area contributed by atoms with Crippen LogP contribution in [-0.2, 0) is 0 Å². The van der Waals surface area contributed by atoms with Gasteiger partial charge in [-0.3, -0.25) is 0 Å². The van der Waals surface area contributed by atoms with Crippen molar-refractivity contribution in [1.82, 2.24) is 0 Å². The number of hydrogen-bond donors (Lipinski definition) is 2. The van der Waals surface area contributed by atoms with Gasteiger partial charge < -0.3 is 5.11 Å². The summed E-state index contributed by atoms with van der Waals surface area (Å²) in [4.78, 5) is 0.